The van der Waals surface area contributed by atoms with Gasteiger partial charge in [-0.25, -0.2) is 4.98 Å². The minimum Gasteiger partial charge on any atom is -0.361 e. The predicted octanol–water partition coefficient (Wildman–Crippen LogP) is 3.74. The molecule has 2 aromatic heterocycles. The Morgan fingerprint density at radius 2 is 1.90 bits per heavy atom. The van der Waals surface area contributed by atoms with Crippen LogP contribution in [0, 0.1) is 13.8 Å². The molecular weight excluding hydrogens is 289 g/mol. The van der Waals surface area contributed by atoms with E-state index in [1.165, 1.54) is 6.07 Å². The van der Waals surface area contributed by atoms with Crippen molar-refractivity contribution in [3.63, 3.8) is 0 Å². The molecule has 108 valence electrons. The van der Waals surface area contributed by atoms with Crippen molar-refractivity contribution in [3.8, 4) is 0 Å². The van der Waals surface area contributed by atoms with Crippen LogP contribution in [-0.2, 0) is 6.18 Å². The molecule has 2 heterocycles. The van der Waals surface area contributed by atoms with Crippen molar-refractivity contribution in [3.05, 3.63) is 33.4 Å². The van der Waals surface area contributed by atoms with E-state index in [9.17, 15) is 13.2 Å². The summed E-state index contributed by atoms with van der Waals surface area (Å²) < 4.78 is 37.1. The fourth-order valence-corrected chi connectivity index (χ4v) is 2.73. The van der Waals surface area contributed by atoms with Gasteiger partial charge in [0, 0.05) is 4.88 Å². The molecule has 0 aromatic carbocycles. The molecular formula is C12H13F3N4S. The Balaban J connectivity index is 2.12. The molecule has 2 rings (SSSR count). The Kier molecular flexibility index (Phi) is 3.94. The summed E-state index contributed by atoms with van der Waals surface area (Å²) >= 11 is 1.55. The summed E-state index contributed by atoms with van der Waals surface area (Å²) in [5.41, 5.74) is -0.0899. The lowest BCUT2D eigenvalue weighted by atomic mass is 10.2. The van der Waals surface area contributed by atoms with Gasteiger partial charge in [-0.2, -0.15) is 13.2 Å². The summed E-state index contributed by atoms with van der Waals surface area (Å²) in [4.78, 5) is 5.35. The molecule has 4 nitrogen and oxygen atoms in total. The molecule has 1 atom stereocenters. The van der Waals surface area contributed by atoms with Crippen molar-refractivity contribution in [2.24, 2.45) is 0 Å². The third-order valence-corrected chi connectivity index (χ3v) is 3.91. The minimum absolute atomic E-state index is 0.0905. The normalized spacial score (nSPS) is 13.3. The van der Waals surface area contributed by atoms with Gasteiger partial charge in [0.1, 0.15) is 5.82 Å². The molecule has 0 aliphatic rings. The average molecular weight is 302 g/mol. The van der Waals surface area contributed by atoms with E-state index in [-0.39, 0.29) is 6.04 Å². The number of alkyl halides is 3. The van der Waals surface area contributed by atoms with Crippen LogP contribution in [0.3, 0.4) is 0 Å². The van der Waals surface area contributed by atoms with Gasteiger partial charge >= 0.3 is 6.18 Å². The second-order valence-corrected chi connectivity index (χ2v) is 5.58. The zero-order chi connectivity index (χ0) is 14.9. The molecule has 0 saturated carbocycles. The molecule has 0 fully saturated rings. The summed E-state index contributed by atoms with van der Waals surface area (Å²) in [5.74, 6) is 0.302. The average Bonchev–Trinajstić information content (AvgIpc) is 2.68. The quantitative estimate of drug-likeness (QED) is 0.938. The lowest BCUT2D eigenvalue weighted by Gasteiger charge is -2.13. The highest BCUT2D eigenvalue weighted by Crippen LogP contribution is 2.29. The maximum Gasteiger partial charge on any atom is 0.435 e. The third-order valence-electron chi connectivity index (χ3n) is 2.65. The van der Waals surface area contributed by atoms with Gasteiger partial charge in [0.05, 0.1) is 16.7 Å². The first-order valence-corrected chi connectivity index (χ1v) is 6.70. The third kappa shape index (κ3) is 3.24. The fraction of sp³-hybridized carbons (Fsp3) is 0.417. The van der Waals surface area contributed by atoms with Gasteiger partial charge in [-0.3, -0.25) is 0 Å². The molecule has 8 heteroatoms. The molecule has 2 aromatic rings. The first-order chi connectivity index (χ1) is 9.27. The second kappa shape index (κ2) is 5.35. The van der Waals surface area contributed by atoms with Gasteiger partial charge < -0.3 is 5.32 Å². The molecule has 1 unspecified atom stereocenters. The van der Waals surface area contributed by atoms with Gasteiger partial charge in [-0.05, 0) is 32.9 Å². The van der Waals surface area contributed by atoms with E-state index in [1.807, 2.05) is 20.8 Å². The number of rotatable bonds is 3. The summed E-state index contributed by atoms with van der Waals surface area (Å²) in [6.07, 6.45) is -4.47. The molecule has 0 aliphatic heterocycles. The van der Waals surface area contributed by atoms with Crippen LogP contribution in [0.2, 0.25) is 0 Å². The number of hydrogen-bond acceptors (Lipinski definition) is 5. The minimum atomic E-state index is -4.47. The van der Waals surface area contributed by atoms with Gasteiger partial charge in [-0.15, -0.1) is 21.5 Å². The maximum absolute atomic E-state index is 12.4. The zero-order valence-electron chi connectivity index (χ0n) is 11.1. The Hall–Kier alpha value is -1.70. The molecule has 0 radical (unpaired) electrons. The van der Waals surface area contributed by atoms with Crippen molar-refractivity contribution in [1.29, 1.82) is 0 Å². The van der Waals surface area contributed by atoms with Crippen LogP contribution in [0.25, 0.3) is 0 Å². The Morgan fingerprint density at radius 3 is 2.35 bits per heavy atom. The lowest BCUT2D eigenvalue weighted by molar-refractivity contribution is -0.141. The van der Waals surface area contributed by atoms with Crippen LogP contribution in [0.15, 0.2) is 12.1 Å². The number of halogens is 3. The van der Waals surface area contributed by atoms with Crippen LogP contribution in [0.1, 0.15) is 34.2 Å². The molecule has 0 saturated heterocycles. The molecule has 0 amide bonds. The number of aryl methyl sites for hydroxylation is 2. The molecule has 0 bridgehead atoms. The second-order valence-electron chi connectivity index (χ2n) is 4.35. The van der Waals surface area contributed by atoms with Crippen molar-refractivity contribution in [1.82, 2.24) is 15.2 Å². The molecule has 20 heavy (non-hydrogen) atoms. The summed E-state index contributed by atoms with van der Waals surface area (Å²) in [6, 6.07) is 2.09. The summed E-state index contributed by atoms with van der Waals surface area (Å²) in [7, 11) is 0. The number of nitrogens with one attached hydrogen (secondary N) is 1. The van der Waals surface area contributed by atoms with Crippen LogP contribution in [0.5, 0.6) is 0 Å². The maximum atomic E-state index is 12.4. The summed E-state index contributed by atoms with van der Waals surface area (Å²) in [5, 5.41) is 10.7. The number of nitrogens with zero attached hydrogens (tertiary/aromatic N) is 3. The first kappa shape index (κ1) is 14.7. The van der Waals surface area contributed by atoms with Gasteiger partial charge in [-0.1, -0.05) is 0 Å². The van der Waals surface area contributed by atoms with Crippen molar-refractivity contribution in [2.45, 2.75) is 33.0 Å². The topological polar surface area (TPSA) is 50.7 Å². The van der Waals surface area contributed by atoms with Gasteiger partial charge in [0.2, 0.25) is 0 Å². The van der Waals surface area contributed by atoms with Crippen LogP contribution < -0.4 is 5.32 Å². The predicted molar refractivity (Wildman–Crippen MR) is 70.7 cm³/mol. The Morgan fingerprint density at radius 1 is 1.20 bits per heavy atom. The highest BCUT2D eigenvalue weighted by Gasteiger charge is 2.32. The lowest BCUT2D eigenvalue weighted by Crippen LogP contribution is -2.12. The van der Waals surface area contributed by atoms with E-state index in [1.54, 1.807) is 11.3 Å². The van der Waals surface area contributed by atoms with Gasteiger partial charge in [0.25, 0.3) is 0 Å². The van der Waals surface area contributed by atoms with E-state index in [0.717, 1.165) is 21.6 Å². The number of anilines is 1. The highest BCUT2D eigenvalue weighted by atomic mass is 32.1. The Labute approximate surface area is 118 Å². The van der Waals surface area contributed by atoms with E-state index in [4.69, 9.17) is 0 Å². The van der Waals surface area contributed by atoms with E-state index >= 15 is 0 Å². The van der Waals surface area contributed by atoms with Crippen molar-refractivity contribution >= 4 is 17.2 Å². The standard InChI is InChI=1S/C12H13F3N4S/c1-6-11(20-8(3)16-6)7(2)17-10-5-4-9(18-19-10)12(13,14)15/h4-5,7H,1-3H3,(H,17,19). The number of aromatic nitrogens is 3. The fourth-order valence-electron chi connectivity index (χ4n) is 1.80. The van der Waals surface area contributed by atoms with Crippen LogP contribution in [-0.4, -0.2) is 15.2 Å². The smallest absolute Gasteiger partial charge is 0.361 e. The Bertz CT molecular complexity index is 592. The number of thiazole rings is 1. The number of hydrogen-bond donors (Lipinski definition) is 1. The van der Waals surface area contributed by atoms with Crippen LogP contribution in [0.4, 0.5) is 19.0 Å². The molecule has 1 N–H and O–H groups in total. The van der Waals surface area contributed by atoms with Crippen LogP contribution >= 0.6 is 11.3 Å². The SMILES string of the molecule is Cc1nc(C)c(C(C)Nc2ccc(C(F)(F)F)nn2)s1. The van der Waals surface area contributed by atoms with Crippen molar-refractivity contribution in [2.75, 3.05) is 5.32 Å². The highest BCUT2D eigenvalue weighted by molar-refractivity contribution is 7.11. The van der Waals surface area contributed by atoms with E-state index < -0.39 is 11.9 Å². The molecule has 0 aliphatic carbocycles. The van der Waals surface area contributed by atoms with Crippen molar-refractivity contribution < 1.29 is 13.2 Å². The largest absolute Gasteiger partial charge is 0.435 e. The van der Waals surface area contributed by atoms with E-state index in [0.29, 0.717) is 5.82 Å². The van der Waals surface area contributed by atoms with E-state index in [2.05, 4.69) is 20.5 Å². The first-order valence-electron chi connectivity index (χ1n) is 5.89. The van der Waals surface area contributed by atoms with Gasteiger partial charge in [0.15, 0.2) is 5.69 Å². The molecule has 0 spiro atoms. The zero-order valence-corrected chi connectivity index (χ0v) is 11.9. The monoisotopic (exact) mass is 302 g/mol. The summed E-state index contributed by atoms with van der Waals surface area (Å²) in [6.45, 7) is 5.71.